The van der Waals surface area contributed by atoms with E-state index in [-0.39, 0.29) is 18.6 Å². The van der Waals surface area contributed by atoms with Crippen LogP contribution in [0.25, 0.3) is 10.8 Å². The third kappa shape index (κ3) is 5.22. The Kier molecular flexibility index (Phi) is 6.48. The molecule has 1 heterocycles. The number of rotatable bonds is 7. The number of hydrogen-bond acceptors (Lipinski definition) is 4. The van der Waals surface area contributed by atoms with Crippen LogP contribution in [0.15, 0.2) is 72.8 Å². The fraction of sp³-hybridized carbons (Fsp3) is 0.280. The number of fused-ring (bicyclic) bond motifs is 1. The monoisotopic (exact) mass is 418 g/mol. The van der Waals surface area contributed by atoms with Crippen LogP contribution in [0.5, 0.6) is 5.75 Å². The minimum absolute atomic E-state index is 0.0245. The molecule has 0 saturated carbocycles. The summed E-state index contributed by atoms with van der Waals surface area (Å²) in [5.74, 6) is -0.101. The lowest BCUT2D eigenvalue weighted by Gasteiger charge is -2.39. The van der Waals surface area contributed by atoms with Gasteiger partial charge in [0.25, 0.3) is 5.91 Å². The molecule has 31 heavy (non-hydrogen) atoms. The Hall–Kier alpha value is -3.38. The number of carbonyl (C=O) groups excluding carboxylic acids is 1. The molecule has 1 fully saturated rings. The van der Waals surface area contributed by atoms with Crippen molar-refractivity contribution in [1.82, 2.24) is 9.80 Å². The van der Waals surface area contributed by atoms with Gasteiger partial charge in [0.1, 0.15) is 5.75 Å². The zero-order chi connectivity index (χ0) is 21.6. The lowest BCUT2D eigenvalue weighted by atomic mass is 10.1. The van der Waals surface area contributed by atoms with E-state index in [4.69, 9.17) is 9.84 Å². The summed E-state index contributed by atoms with van der Waals surface area (Å²) in [5.41, 5.74) is 0.690. The Morgan fingerprint density at radius 3 is 2.26 bits per heavy atom. The van der Waals surface area contributed by atoms with Crippen LogP contribution < -0.4 is 4.74 Å². The molecule has 0 aliphatic carbocycles. The maximum atomic E-state index is 13.0. The Bertz CT molecular complexity index is 1050. The minimum Gasteiger partial charge on any atom is -0.481 e. The van der Waals surface area contributed by atoms with E-state index < -0.39 is 5.97 Å². The SMILES string of the molecule is O=C(O)CCC(Oc1ccccc1)N1CCN(C(=O)c2ccc3ccccc3c2)CC1. The molecule has 3 aromatic carbocycles. The first-order valence-electron chi connectivity index (χ1n) is 10.6. The molecular weight excluding hydrogens is 392 g/mol. The molecule has 1 atom stereocenters. The molecule has 1 N–H and O–H groups in total. The first-order chi connectivity index (χ1) is 15.1. The first kappa shape index (κ1) is 20.9. The molecule has 1 unspecified atom stereocenters. The molecule has 0 bridgehead atoms. The standard InChI is InChI=1S/C25H26N2O4/c28-24(29)13-12-23(31-22-8-2-1-3-9-22)26-14-16-27(17-15-26)25(30)21-11-10-19-6-4-5-7-20(19)18-21/h1-11,18,23H,12-17H2,(H,28,29). The van der Waals surface area contributed by atoms with E-state index in [0.29, 0.717) is 43.9 Å². The van der Waals surface area contributed by atoms with Crippen molar-refractivity contribution in [3.63, 3.8) is 0 Å². The number of piperazine rings is 1. The second-order valence-electron chi connectivity index (χ2n) is 7.71. The molecule has 6 nitrogen and oxygen atoms in total. The van der Waals surface area contributed by atoms with Gasteiger partial charge < -0.3 is 14.7 Å². The lowest BCUT2D eigenvalue weighted by Crippen LogP contribution is -2.53. The number of benzene rings is 3. The summed E-state index contributed by atoms with van der Waals surface area (Å²) < 4.78 is 6.09. The van der Waals surface area contributed by atoms with Crippen LogP contribution in [0, 0.1) is 0 Å². The molecule has 160 valence electrons. The van der Waals surface area contributed by atoms with Gasteiger partial charge in [-0.15, -0.1) is 0 Å². The summed E-state index contributed by atoms with van der Waals surface area (Å²) in [6.45, 7) is 2.42. The number of carbonyl (C=O) groups is 2. The van der Waals surface area contributed by atoms with E-state index >= 15 is 0 Å². The molecule has 6 heteroatoms. The molecule has 1 aliphatic heterocycles. The summed E-state index contributed by atoms with van der Waals surface area (Å²) in [4.78, 5) is 28.1. The first-order valence-corrected chi connectivity index (χ1v) is 10.6. The van der Waals surface area contributed by atoms with Gasteiger partial charge in [0.2, 0.25) is 0 Å². The van der Waals surface area contributed by atoms with Crippen molar-refractivity contribution in [3.8, 4) is 5.75 Å². The minimum atomic E-state index is -0.841. The third-order valence-corrected chi connectivity index (χ3v) is 5.63. The highest BCUT2D eigenvalue weighted by Gasteiger charge is 2.28. The van der Waals surface area contributed by atoms with Gasteiger partial charge in [0.15, 0.2) is 6.23 Å². The Labute approximate surface area is 181 Å². The number of amides is 1. The van der Waals surface area contributed by atoms with Crippen LogP contribution in [0.1, 0.15) is 23.2 Å². The summed E-state index contributed by atoms with van der Waals surface area (Å²) in [6, 6.07) is 23.2. The Balaban J connectivity index is 1.41. The van der Waals surface area contributed by atoms with Gasteiger partial charge in [-0.25, -0.2) is 0 Å². The van der Waals surface area contributed by atoms with E-state index in [0.717, 1.165) is 10.8 Å². The fourth-order valence-corrected chi connectivity index (χ4v) is 3.94. The van der Waals surface area contributed by atoms with Crippen LogP contribution in [0.2, 0.25) is 0 Å². The second-order valence-corrected chi connectivity index (χ2v) is 7.71. The molecule has 1 amide bonds. The number of aliphatic carboxylic acids is 1. The fourth-order valence-electron chi connectivity index (χ4n) is 3.94. The van der Waals surface area contributed by atoms with Gasteiger partial charge in [-0.3, -0.25) is 14.5 Å². The van der Waals surface area contributed by atoms with Crippen molar-refractivity contribution in [2.45, 2.75) is 19.1 Å². The highest BCUT2D eigenvalue weighted by atomic mass is 16.5. The zero-order valence-electron chi connectivity index (χ0n) is 17.3. The molecule has 1 saturated heterocycles. The lowest BCUT2D eigenvalue weighted by molar-refractivity contribution is -0.138. The summed E-state index contributed by atoms with van der Waals surface area (Å²) in [7, 11) is 0. The van der Waals surface area contributed by atoms with E-state index in [1.54, 1.807) is 0 Å². The molecule has 0 aromatic heterocycles. The largest absolute Gasteiger partial charge is 0.481 e. The maximum Gasteiger partial charge on any atom is 0.303 e. The topological polar surface area (TPSA) is 70.1 Å². The van der Waals surface area contributed by atoms with Crippen molar-refractivity contribution in [3.05, 3.63) is 78.4 Å². The van der Waals surface area contributed by atoms with Crippen LogP contribution in [-0.4, -0.2) is 59.2 Å². The van der Waals surface area contributed by atoms with Gasteiger partial charge in [-0.2, -0.15) is 0 Å². The van der Waals surface area contributed by atoms with Crippen molar-refractivity contribution >= 4 is 22.6 Å². The number of nitrogens with zero attached hydrogens (tertiary/aromatic N) is 2. The number of carboxylic acid groups (broad SMARTS) is 1. The van der Waals surface area contributed by atoms with Gasteiger partial charge in [-0.05, 0) is 35.0 Å². The average molecular weight is 418 g/mol. The van der Waals surface area contributed by atoms with Crippen molar-refractivity contribution in [2.75, 3.05) is 26.2 Å². The summed E-state index contributed by atoms with van der Waals surface area (Å²) in [6.07, 6.45) is 0.0905. The van der Waals surface area contributed by atoms with Gasteiger partial charge in [0, 0.05) is 38.2 Å². The molecule has 0 spiro atoms. The third-order valence-electron chi connectivity index (χ3n) is 5.63. The smallest absolute Gasteiger partial charge is 0.303 e. The number of hydrogen-bond donors (Lipinski definition) is 1. The van der Waals surface area contributed by atoms with Crippen LogP contribution >= 0.6 is 0 Å². The number of para-hydroxylation sites is 1. The van der Waals surface area contributed by atoms with Crippen LogP contribution in [0.3, 0.4) is 0 Å². The van der Waals surface area contributed by atoms with Crippen LogP contribution in [-0.2, 0) is 4.79 Å². The van der Waals surface area contributed by atoms with Gasteiger partial charge in [0.05, 0.1) is 6.42 Å². The molecule has 3 aromatic rings. The van der Waals surface area contributed by atoms with Crippen molar-refractivity contribution < 1.29 is 19.4 Å². The predicted molar refractivity (Wildman–Crippen MR) is 119 cm³/mol. The molecule has 1 aliphatic rings. The highest BCUT2D eigenvalue weighted by molar-refractivity contribution is 5.98. The Morgan fingerprint density at radius 1 is 0.871 bits per heavy atom. The molecular formula is C25H26N2O4. The van der Waals surface area contributed by atoms with E-state index in [2.05, 4.69) is 4.90 Å². The maximum absolute atomic E-state index is 13.0. The van der Waals surface area contributed by atoms with Gasteiger partial charge in [-0.1, -0.05) is 48.5 Å². The summed E-state index contributed by atoms with van der Waals surface area (Å²) >= 11 is 0. The van der Waals surface area contributed by atoms with E-state index in [1.807, 2.05) is 77.7 Å². The average Bonchev–Trinajstić information content (AvgIpc) is 2.81. The Morgan fingerprint density at radius 2 is 1.55 bits per heavy atom. The quantitative estimate of drug-likeness (QED) is 0.631. The number of carboxylic acids is 1. The summed E-state index contributed by atoms with van der Waals surface area (Å²) in [5, 5.41) is 11.3. The molecule has 4 rings (SSSR count). The van der Waals surface area contributed by atoms with E-state index in [1.165, 1.54) is 0 Å². The van der Waals surface area contributed by atoms with E-state index in [9.17, 15) is 9.59 Å². The zero-order valence-corrected chi connectivity index (χ0v) is 17.3. The normalized spacial score (nSPS) is 15.5. The molecule has 0 radical (unpaired) electrons. The van der Waals surface area contributed by atoms with Crippen molar-refractivity contribution in [2.24, 2.45) is 0 Å². The van der Waals surface area contributed by atoms with Crippen LogP contribution in [0.4, 0.5) is 0 Å². The number of ether oxygens (including phenoxy) is 1. The highest BCUT2D eigenvalue weighted by Crippen LogP contribution is 2.20. The van der Waals surface area contributed by atoms with Crippen molar-refractivity contribution in [1.29, 1.82) is 0 Å². The van der Waals surface area contributed by atoms with Gasteiger partial charge >= 0.3 is 5.97 Å². The predicted octanol–water partition coefficient (Wildman–Crippen LogP) is 3.87. The second kappa shape index (κ2) is 9.62.